The molecule has 2 rings (SSSR count). The molecule has 0 amide bonds. The summed E-state index contributed by atoms with van der Waals surface area (Å²) in [6, 6.07) is 16.8. The molecule has 0 saturated heterocycles. The van der Waals surface area contributed by atoms with Crippen LogP contribution in [-0.4, -0.2) is 6.61 Å². The van der Waals surface area contributed by atoms with Crippen LogP contribution in [0.3, 0.4) is 0 Å². The molecule has 1 unspecified atom stereocenters. The fourth-order valence-electron chi connectivity index (χ4n) is 2.51. The Bertz CT molecular complexity index is 774. The van der Waals surface area contributed by atoms with Crippen molar-refractivity contribution in [3.05, 3.63) is 109 Å². The summed E-state index contributed by atoms with van der Waals surface area (Å²) in [5.41, 5.74) is 4.38. The van der Waals surface area contributed by atoms with Crippen LogP contribution in [0.5, 0.6) is 0 Å². The first-order chi connectivity index (χ1) is 13.5. The van der Waals surface area contributed by atoms with E-state index >= 15 is 0 Å². The predicted octanol–water partition coefficient (Wildman–Crippen LogP) is 5.32. The van der Waals surface area contributed by atoms with Crippen LogP contribution < -0.4 is 0 Å². The van der Waals surface area contributed by atoms with Gasteiger partial charge in [0.25, 0.3) is 0 Å². The van der Waals surface area contributed by atoms with Gasteiger partial charge in [-0.1, -0.05) is 66.2 Å². The summed E-state index contributed by atoms with van der Waals surface area (Å²) in [6.45, 7) is 24.1. The summed E-state index contributed by atoms with van der Waals surface area (Å²) < 4.78 is 28.6. The van der Waals surface area contributed by atoms with Gasteiger partial charge in [0.1, 0.15) is 5.60 Å². The summed E-state index contributed by atoms with van der Waals surface area (Å²) in [6.07, 6.45) is 6.04. The summed E-state index contributed by atoms with van der Waals surface area (Å²) in [4.78, 5) is 0. The third kappa shape index (κ3) is 11.3. The monoisotopic (exact) mass is 428 g/mol. The van der Waals surface area contributed by atoms with Crippen LogP contribution in [0.2, 0.25) is 0 Å². The molecule has 0 bridgehead atoms. The maximum atomic E-state index is 7.50. The van der Waals surface area contributed by atoms with E-state index in [1.807, 2.05) is 0 Å². The molecular weight excluding hydrogens is 404 g/mol. The second kappa shape index (κ2) is 19.0. The summed E-state index contributed by atoms with van der Waals surface area (Å²) >= 11 is 0. The molecular formula is C24H24CrO4. The van der Waals surface area contributed by atoms with E-state index in [4.69, 9.17) is 18.7 Å². The summed E-state index contributed by atoms with van der Waals surface area (Å²) in [5.74, 6) is 0. The van der Waals surface area contributed by atoms with Gasteiger partial charge in [-0.3, -0.25) is 0 Å². The topological polar surface area (TPSA) is 68.9 Å². The van der Waals surface area contributed by atoms with Gasteiger partial charge in [0.05, 0.1) is 6.61 Å². The van der Waals surface area contributed by atoms with E-state index in [1.54, 1.807) is 6.08 Å². The molecule has 0 aromatic heterocycles. The molecule has 150 valence electrons. The number of benzene rings is 2. The molecule has 0 aliphatic heterocycles. The van der Waals surface area contributed by atoms with E-state index in [1.165, 1.54) is 22.3 Å². The Kier molecular flexibility index (Phi) is 20.5. The van der Waals surface area contributed by atoms with Gasteiger partial charge in [-0.05, 0) is 43.5 Å². The van der Waals surface area contributed by atoms with Crippen molar-refractivity contribution in [2.75, 3.05) is 6.61 Å². The third-order valence-corrected chi connectivity index (χ3v) is 3.85. The van der Waals surface area contributed by atoms with Crippen molar-refractivity contribution < 1.29 is 36.1 Å². The van der Waals surface area contributed by atoms with E-state index in [0.717, 1.165) is 0 Å². The minimum Gasteiger partial charge on any atom is 0 e. The maximum absolute atomic E-state index is 7.50. The Labute approximate surface area is 184 Å². The van der Waals surface area contributed by atoms with Crippen LogP contribution >= 0.6 is 0 Å². The van der Waals surface area contributed by atoms with Gasteiger partial charge in [0.15, 0.2) is 0 Å². The molecule has 5 heteroatoms. The smallest absolute Gasteiger partial charge is 0 e. The molecule has 0 saturated carbocycles. The number of ether oxygens (including phenoxy) is 1. The molecule has 0 fully saturated rings. The first-order valence-corrected chi connectivity index (χ1v) is 8.23. The van der Waals surface area contributed by atoms with Gasteiger partial charge >= 0.3 is 33.9 Å². The van der Waals surface area contributed by atoms with E-state index in [2.05, 4.69) is 108 Å². The fraction of sp³-hybridized carbons (Fsp3) is 0.208. The van der Waals surface area contributed by atoms with Crippen LogP contribution in [-0.2, 0) is 41.7 Å². The molecule has 0 aliphatic carbocycles. The summed E-state index contributed by atoms with van der Waals surface area (Å²) in [5, 5.41) is 0. The van der Waals surface area contributed by atoms with Gasteiger partial charge in [0.2, 0.25) is 0 Å². The van der Waals surface area contributed by atoms with E-state index in [-0.39, 0.29) is 17.4 Å². The van der Waals surface area contributed by atoms with Crippen LogP contribution in [0.1, 0.15) is 29.2 Å². The van der Waals surface area contributed by atoms with Gasteiger partial charge in [-0.2, -0.15) is 0 Å². The fourth-order valence-corrected chi connectivity index (χ4v) is 2.51. The largest absolute Gasteiger partial charge is 0 e. The van der Waals surface area contributed by atoms with Crippen molar-refractivity contribution in [2.45, 2.75) is 26.4 Å². The van der Waals surface area contributed by atoms with Crippen molar-refractivity contribution >= 4 is 6.08 Å². The second-order valence-electron chi connectivity index (χ2n) is 5.77. The average Bonchev–Trinajstić information content (AvgIpc) is 2.76. The molecule has 0 aliphatic rings. The quantitative estimate of drug-likeness (QED) is 0.349. The minimum atomic E-state index is -0.468. The van der Waals surface area contributed by atoms with Gasteiger partial charge in [0, 0.05) is 17.4 Å². The average molecular weight is 428 g/mol. The number of hydrogen-bond acceptors (Lipinski definition) is 1. The van der Waals surface area contributed by atoms with Crippen LogP contribution in [0, 0.1) is 33.8 Å². The molecule has 4 nitrogen and oxygen atoms in total. The Morgan fingerprint density at radius 3 is 1.93 bits per heavy atom. The van der Waals surface area contributed by atoms with Gasteiger partial charge in [-0.15, -0.1) is 6.58 Å². The van der Waals surface area contributed by atoms with E-state index in [0.29, 0.717) is 6.61 Å². The second-order valence-corrected chi connectivity index (χ2v) is 5.77. The predicted molar refractivity (Wildman–Crippen MR) is 107 cm³/mol. The summed E-state index contributed by atoms with van der Waals surface area (Å²) in [7, 11) is 0. The molecule has 0 radical (unpaired) electrons. The Morgan fingerprint density at radius 1 is 0.931 bits per heavy atom. The van der Waals surface area contributed by atoms with Crippen LogP contribution in [0.15, 0.2) is 67.3 Å². The number of hydrogen-bond donors (Lipinski definition) is 0. The first-order valence-electron chi connectivity index (χ1n) is 8.23. The Hall–Kier alpha value is -2.37. The zero-order chi connectivity index (χ0) is 22.0. The SMILES string of the molecule is C=CCOC(C)(/C=C/c1ccc(C)cc1)c1ccccc1C.[C-]#[O+].[C-]#[O+].[C-]#[O+].[Cr]. The molecule has 1 atom stereocenters. The molecule has 29 heavy (non-hydrogen) atoms. The van der Waals surface area contributed by atoms with Crippen LogP contribution in [0.25, 0.3) is 6.08 Å². The zero-order valence-corrected chi connectivity index (χ0v) is 18.1. The van der Waals surface area contributed by atoms with Crippen molar-refractivity contribution in [2.24, 2.45) is 0 Å². The Morgan fingerprint density at radius 2 is 1.45 bits per heavy atom. The normalized spacial score (nSPS) is 10.8. The molecule has 0 N–H and O–H groups in total. The minimum absolute atomic E-state index is 0. The van der Waals surface area contributed by atoms with Crippen molar-refractivity contribution in [1.29, 1.82) is 0 Å². The first kappa shape index (κ1) is 31.3. The Balaban J connectivity index is -0.000000883. The number of rotatable bonds is 6. The van der Waals surface area contributed by atoms with Crippen LogP contribution in [0.4, 0.5) is 0 Å². The van der Waals surface area contributed by atoms with E-state index in [9.17, 15) is 0 Å². The van der Waals surface area contributed by atoms with Crippen molar-refractivity contribution in [3.63, 3.8) is 0 Å². The third-order valence-electron chi connectivity index (χ3n) is 3.85. The maximum Gasteiger partial charge on any atom is 0 e. The standard InChI is InChI=1S/C21H24O.3CO.Cr/c1-5-16-22-21(4,20-9-7-6-8-18(20)3)15-14-19-12-10-17(2)11-13-19;3*1-2;/h5-15H,1,16H2,2-4H3;;;;/b15-14+;;;;. The molecule has 2 aromatic rings. The van der Waals surface area contributed by atoms with Crippen molar-refractivity contribution in [3.8, 4) is 0 Å². The van der Waals surface area contributed by atoms with Crippen molar-refractivity contribution in [1.82, 2.24) is 0 Å². The van der Waals surface area contributed by atoms with E-state index < -0.39 is 5.60 Å². The van der Waals surface area contributed by atoms with Gasteiger partial charge < -0.3 is 4.74 Å². The molecule has 0 heterocycles. The van der Waals surface area contributed by atoms with Gasteiger partial charge in [-0.25, -0.2) is 0 Å². The number of aryl methyl sites for hydroxylation is 2. The molecule has 2 aromatic carbocycles. The zero-order valence-electron chi connectivity index (χ0n) is 16.8. The molecule has 0 spiro atoms.